The number of carbonyl (C=O) groups excluding carboxylic acids is 1. The van der Waals surface area contributed by atoms with Gasteiger partial charge in [-0.2, -0.15) is 0 Å². The quantitative estimate of drug-likeness (QED) is 0.910. The second-order valence-electron chi connectivity index (χ2n) is 6.36. The topological polar surface area (TPSA) is 37.3 Å². The zero-order valence-electron chi connectivity index (χ0n) is 13.2. The lowest BCUT2D eigenvalue weighted by atomic mass is 9.84. The van der Waals surface area contributed by atoms with Crippen molar-refractivity contribution in [2.75, 3.05) is 0 Å². The van der Waals surface area contributed by atoms with Crippen molar-refractivity contribution in [3.63, 3.8) is 0 Å². The molecule has 0 aliphatic rings. The van der Waals surface area contributed by atoms with Crippen LogP contribution in [0.4, 0.5) is 0 Å². The molecule has 0 aromatic heterocycles. The van der Waals surface area contributed by atoms with E-state index in [2.05, 4.69) is 0 Å². The molecule has 2 rings (SSSR count). The Bertz CT molecular complexity index is 575. The highest BCUT2D eigenvalue weighted by Gasteiger charge is 2.35. The number of thioether (sulfide) groups is 1. The molecule has 0 bridgehead atoms. The van der Waals surface area contributed by atoms with E-state index in [4.69, 9.17) is 0 Å². The van der Waals surface area contributed by atoms with Crippen molar-refractivity contribution < 1.29 is 9.90 Å². The molecular weight excluding hydrogens is 292 g/mol. The van der Waals surface area contributed by atoms with Gasteiger partial charge in [-0.05, 0) is 11.1 Å². The first-order valence-corrected chi connectivity index (χ1v) is 8.18. The Morgan fingerprint density at radius 1 is 0.909 bits per heavy atom. The first kappa shape index (κ1) is 16.8. The monoisotopic (exact) mass is 314 g/mol. The Kier molecular flexibility index (Phi) is 5.09. The zero-order chi connectivity index (χ0) is 16.2. The minimum absolute atomic E-state index is 0.0114. The van der Waals surface area contributed by atoms with Crippen LogP contribution in [0.2, 0.25) is 0 Å². The second kappa shape index (κ2) is 6.67. The van der Waals surface area contributed by atoms with E-state index in [0.717, 1.165) is 11.1 Å². The van der Waals surface area contributed by atoms with Crippen LogP contribution in [0.25, 0.3) is 0 Å². The van der Waals surface area contributed by atoms with Crippen LogP contribution in [0, 0.1) is 0 Å². The molecule has 0 spiro atoms. The molecule has 0 amide bonds. The number of benzene rings is 2. The van der Waals surface area contributed by atoms with Crippen LogP contribution in [0.5, 0.6) is 0 Å². The third kappa shape index (κ3) is 4.21. The van der Waals surface area contributed by atoms with E-state index in [1.54, 1.807) is 0 Å². The van der Waals surface area contributed by atoms with Gasteiger partial charge in [-0.25, -0.2) is 0 Å². The molecule has 1 N–H and O–H groups in total. The van der Waals surface area contributed by atoms with Crippen molar-refractivity contribution in [3.8, 4) is 0 Å². The zero-order valence-corrected chi connectivity index (χ0v) is 14.1. The fourth-order valence-electron chi connectivity index (χ4n) is 2.39. The van der Waals surface area contributed by atoms with Gasteiger partial charge in [-0.1, -0.05) is 93.2 Å². The number of aliphatic hydroxyl groups is 1. The number of carbonyl (C=O) groups is 1. The molecule has 0 heterocycles. The molecule has 0 atom stereocenters. The van der Waals surface area contributed by atoms with Crippen molar-refractivity contribution in [3.05, 3.63) is 71.8 Å². The molecular formula is C19H22O2S. The van der Waals surface area contributed by atoms with E-state index < -0.39 is 5.60 Å². The normalized spacial score (nSPS) is 12.2. The van der Waals surface area contributed by atoms with Gasteiger partial charge in [0.05, 0.1) is 6.42 Å². The van der Waals surface area contributed by atoms with Crippen LogP contribution in [-0.2, 0) is 10.4 Å². The Morgan fingerprint density at radius 3 is 1.68 bits per heavy atom. The van der Waals surface area contributed by atoms with Crippen LogP contribution in [0.3, 0.4) is 0 Å². The van der Waals surface area contributed by atoms with Gasteiger partial charge in [-0.15, -0.1) is 0 Å². The van der Waals surface area contributed by atoms with Gasteiger partial charge in [0.2, 0.25) is 0 Å². The lowest BCUT2D eigenvalue weighted by Gasteiger charge is -2.29. The smallest absolute Gasteiger partial charge is 0.193 e. The van der Waals surface area contributed by atoms with E-state index in [1.807, 2.05) is 81.4 Å². The molecule has 2 aromatic rings. The van der Waals surface area contributed by atoms with E-state index in [0.29, 0.717) is 0 Å². The Balaban J connectivity index is 2.37. The van der Waals surface area contributed by atoms with Gasteiger partial charge in [0.1, 0.15) is 5.60 Å². The van der Waals surface area contributed by atoms with E-state index >= 15 is 0 Å². The van der Waals surface area contributed by atoms with Gasteiger partial charge in [-0.3, -0.25) is 4.79 Å². The predicted molar refractivity (Wildman–Crippen MR) is 92.9 cm³/mol. The molecule has 2 nitrogen and oxygen atoms in total. The number of hydrogen-bond donors (Lipinski definition) is 1. The number of hydrogen-bond acceptors (Lipinski definition) is 3. The molecule has 2 aromatic carbocycles. The summed E-state index contributed by atoms with van der Waals surface area (Å²) in [6.07, 6.45) is 0.0585. The van der Waals surface area contributed by atoms with Gasteiger partial charge in [0.25, 0.3) is 0 Å². The minimum Gasteiger partial charge on any atom is -0.380 e. The van der Waals surface area contributed by atoms with Crippen LogP contribution in [0.15, 0.2) is 60.7 Å². The fraction of sp³-hybridized carbons (Fsp3) is 0.316. The average Bonchev–Trinajstić information content (AvgIpc) is 2.47. The minimum atomic E-state index is -1.29. The summed E-state index contributed by atoms with van der Waals surface area (Å²) in [5.74, 6) is 0. The first-order valence-electron chi connectivity index (χ1n) is 7.36. The van der Waals surface area contributed by atoms with Crippen LogP contribution in [0.1, 0.15) is 38.3 Å². The van der Waals surface area contributed by atoms with E-state index in [1.165, 1.54) is 11.8 Å². The molecule has 0 saturated carbocycles. The summed E-state index contributed by atoms with van der Waals surface area (Å²) in [6, 6.07) is 18.8. The van der Waals surface area contributed by atoms with Crippen LogP contribution in [-0.4, -0.2) is 15.0 Å². The molecule has 3 heteroatoms. The summed E-state index contributed by atoms with van der Waals surface area (Å²) >= 11 is 1.27. The Labute approximate surface area is 136 Å². The Morgan fingerprint density at radius 2 is 1.32 bits per heavy atom. The fourth-order valence-corrected chi connectivity index (χ4v) is 3.35. The van der Waals surface area contributed by atoms with Crippen molar-refractivity contribution in [1.82, 2.24) is 0 Å². The summed E-state index contributed by atoms with van der Waals surface area (Å²) in [5, 5.41) is 11.3. The lowest BCUT2D eigenvalue weighted by molar-refractivity contribution is -0.114. The summed E-state index contributed by atoms with van der Waals surface area (Å²) < 4.78 is -0.161. The van der Waals surface area contributed by atoms with Crippen molar-refractivity contribution >= 4 is 16.9 Å². The van der Waals surface area contributed by atoms with E-state index in [9.17, 15) is 9.90 Å². The summed E-state index contributed by atoms with van der Waals surface area (Å²) in [6.45, 7) is 6.00. The highest BCUT2D eigenvalue weighted by molar-refractivity contribution is 8.14. The highest BCUT2D eigenvalue weighted by Crippen LogP contribution is 2.36. The molecule has 0 saturated heterocycles. The van der Waals surface area contributed by atoms with Gasteiger partial charge in [0, 0.05) is 4.75 Å². The molecule has 0 unspecified atom stereocenters. The molecule has 0 radical (unpaired) electrons. The molecule has 0 aliphatic carbocycles. The SMILES string of the molecule is CC(C)(C)SC(=O)CC(O)(c1ccccc1)c1ccccc1. The number of rotatable bonds is 4. The highest BCUT2D eigenvalue weighted by atomic mass is 32.2. The maximum absolute atomic E-state index is 12.4. The van der Waals surface area contributed by atoms with Gasteiger partial charge >= 0.3 is 0 Å². The van der Waals surface area contributed by atoms with Gasteiger partial charge in [0.15, 0.2) is 5.12 Å². The standard InChI is InChI=1S/C19H22O2S/c1-18(2,3)22-17(20)14-19(21,15-10-6-4-7-11-15)16-12-8-5-9-13-16/h4-13,21H,14H2,1-3H3. The predicted octanol–water partition coefficient (Wildman–Crippen LogP) is 4.37. The van der Waals surface area contributed by atoms with Crippen molar-refractivity contribution in [2.24, 2.45) is 0 Å². The van der Waals surface area contributed by atoms with Crippen LogP contribution >= 0.6 is 11.8 Å². The third-order valence-corrected chi connectivity index (χ3v) is 4.31. The Hall–Kier alpha value is -1.58. The average molecular weight is 314 g/mol. The second-order valence-corrected chi connectivity index (χ2v) is 8.24. The molecule has 116 valence electrons. The van der Waals surface area contributed by atoms with Gasteiger partial charge < -0.3 is 5.11 Å². The maximum Gasteiger partial charge on any atom is 0.193 e. The molecule has 0 aliphatic heterocycles. The third-order valence-electron chi connectivity index (χ3n) is 3.32. The van der Waals surface area contributed by atoms with Crippen molar-refractivity contribution in [2.45, 2.75) is 37.5 Å². The molecule has 0 fully saturated rings. The first-order chi connectivity index (χ1) is 10.3. The van der Waals surface area contributed by atoms with Crippen molar-refractivity contribution in [1.29, 1.82) is 0 Å². The summed E-state index contributed by atoms with van der Waals surface area (Å²) in [5.41, 5.74) is 0.186. The maximum atomic E-state index is 12.4. The van der Waals surface area contributed by atoms with E-state index in [-0.39, 0.29) is 16.3 Å². The van der Waals surface area contributed by atoms with Crippen LogP contribution < -0.4 is 0 Å². The summed E-state index contributed by atoms with van der Waals surface area (Å²) in [4.78, 5) is 12.4. The molecule has 22 heavy (non-hydrogen) atoms. The largest absolute Gasteiger partial charge is 0.380 e. The summed E-state index contributed by atoms with van der Waals surface area (Å²) in [7, 11) is 0. The lowest BCUT2D eigenvalue weighted by Crippen LogP contribution is -2.30.